The number of rotatable bonds is 5. The van der Waals surface area contributed by atoms with Gasteiger partial charge in [0, 0.05) is 32.9 Å². The molecule has 0 saturated carbocycles. The van der Waals surface area contributed by atoms with Crippen LogP contribution in [-0.4, -0.2) is 50.3 Å². The number of nitrogens with zero attached hydrogens (tertiary/aromatic N) is 3. The molecule has 1 atom stereocenters. The summed E-state index contributed by atoms with van der Waals surface area (Å²) in [6.45, 7) is 4.02. The first-order valence-electron chi connectivity index (χ1n) is 10.3. The van der Waals surface area contributed by atoms with E-state index < -0.39 is 0 Å². The van der Waals surface area contributed by atoms with Crippen molar-refractivity contribution in [1.82, 2.24) is 15.6 Å². The molecule has 3 heterocycles. The molecule has 2 aliphatic rings. The Balaban J connectivity index is 1.27. The molecule has 1 saturated heterocycles. The lowest BCUT2D eigenvalue weighted by atomic mass is 10.1. The zero-order chi connectivity index (χ0) is 19.9. The summed E-state index contributed by atoms with van der Waals surface area (Å²) in [5, 5.41) is 6.70. The first-order valence-corrected chi connectivity index (χ1v) is 10.3. The van der Waals surface area contributed by atoms with E-state index in [9.17, 15) is 0 Å². The normalized spacial score (nSPS) is 19.0. The predicted octanol–water partition coefficient (Wildman–Crippen LogP) is 2.58. The van der Waals surface area contributed by atoms with Crippen molar-refractivity contribution in [3.8, 4) is 11.5 Å². The molecule has 1 aromatic carbocycles. The third kappa shape index (κ3) is 5.10. The van der Waals surface area contributed by atoms with E-state index in [1.165, 1.54) is 24.8 Å². The largest absolute Gasteiger partial charge is 0.486 e. The molecule has 29 heavy (non-hydrogen) atoms. The summed E-state index contributed by atoms with van der Waals surface area (Å²) in [6.07, 6.45) is 5.65. The number of ether oxygens (including phenoxy) is 2. The van der Waals surface area contributed by atoms with Crippen LogP contribution in [0, 0.1) is 0 Å². The number of piperidine rings is 1. The SMILES string of the molecule is CN=C(NCc1ccnc(N2CCCCC2)c1)NCC1COc2ccccc2O1. The second-order valence-corrected chi connectivity index (χ2v) is 7.37. The molecule has 2 aliphatic heterocycles. The van der Waals surface area contributed by atoms with Gasteiger partial charge < -0.3 is 25.0 Å². The molecule has 1 unspecified atom stereocenters. The topological polar surface area (TPSA) is 71.0 Å². The Morgan fingerprint density at radius 3 is 2.79 bits per heavy atom. The maximum atomic E-state index is 5.99. The summed E-state index contributed by atoms with van der Waals surface area (Å²) >= 11 is 0. The number of benzene rings is 1. The Hall–Kier alpha value is -2.96. The standard InChI is InChI=1S/C22H29N5O2/c1-23-22(26-15-18-16-28-19-7-3-4-8-20(19)29-18)25-14-17-9-10-24-21(13-17)27-11-5-2-6-12-27/h3-4,7-10,13,18H,2,5-6,11-12,14-16H2,1H3,(H2,23,25,26). The fourth-order valence-electron chi connectivity index (χ4n) is 3.65. The third-order valence-corrected chi connectivity index (χ3v) is 5.24. The average molecular weight is 396 g/mol. The highest BCUT2D eigenvalue weighted by Crippen LogP contribution is 2.30. The van der Waals surface area contributed by atoms with E-state index in [-0.39, 0.29) is 6.10 Å². The summed E-state index contributed by atoms with van der Waals surface area (Å²) < 4.78 is 11.8. The second-order valence-electron chi connectivity index (χ2n) is 7.37. The number of fused-ring (bicyclic) bond motifs is 1. The number of aliphatic imine (C=N–C) groups is 1. The van der Waals surface area contributed by atoms with Crippen LogP contribution in [0.15, 0.2) is 47.6 Å². The Morgan fingerprint density at radius 1 is 1.14 bits per heavy atom. The van der Waals surface area contributed by atoms with Crippen LogP contribution in [-0.2, 0) is 6.54 Å². The summed E-state index contributed by atoms with van der Waals surface area (Å²) in [5.41, 5.74) is 1.19. The maximum absolute atomic E-state index is 5.99. The van der Waals surface area contributed by atoms with Gasteiger partial charge in [-0.1, -0.05) is 12.1 Å². The number of hydrogen-bond acceptors (Lipinski definition) is 5. The van der Waals surface area contributed by atoms with Crippen LogP contribution in [0.4, 0.5) is 5.82 Å². The van der Waals surface area contributed by atoms with Crippen LogP contribution in [0.5, 0.6) is 11.5 Å². The van der Waals surface area contributed by atoms with Crippen molar-refractivity contribution >= 4 is 11.8 Å². The molecule has 4 rings (SSSR count). The fraction of sp³-hybridized carbons (Fsp3) is 0.455. The second kappa shape index (κ2) is 9.49. The van der Waals surface area contributed by atoms with Crippen LogP contribution in [0.3, 0.4) is 0 Å². The first kappa shape index (κ1) is 19.4. The lowest BCUT2D eigenvalue weighted by Gasteiger charge is -2.28. The van der Waals surface area contributed by atoms with Crippen molar-refractivity contribution in [2.45, 2.75) is 31.9 Å². The number of hydrogen-bond donors (Lipinski definition) is 2. The smallest absolute Gasteiger partial charge is 0.191 e. The van der Waals surface area contributed by atoms with Gasteiger partial charge in [0.2, 0.25) is 0 Å². The van der Waals surface area contributed by atoms with E-state index in [2.05, 4.69) is 31.6 Å². The summed E-state index contributed by atoms with van der Waals surface area (Å²) in [6, 6.07) is 12.0. The van der Waals surface area contributed by atoms with Crippen LogP contribution < -0.4 is 25.0 Å². The van der Waals surface area contributed by atoms with E-state index in [0.717, 1.165) is 36.4 Å². The molecule has 0 amide bonds. The van der Waals surface area contributed by atoms with Gasteiger partial charge in [-0.15, -0.1) is 0 Å². The Morgan fingerprint density at radius 2 is 1.97 bits per heavy atom. The van der Waals surface area contributed by atoms with E-state index >= 15 is 0 Å². The van der Waals surface area contributed by atoms with E-state index in [4.69, 9.17) is 9.47 Å². The molecule has 7 heteroatoms. The molecule has 0 radical (unpaired) electrons. The molecule has 7 nitrogen and oxygen atoms in total. The summed E-state index contributed by atoms with van der Waals surface area (Å²) in [4.78, 5) is 11.2. The van der Waals surface area contributed by atoms with E-state index in [1.54, 1.807) is 7.05 Å². The summed E-state index contributed by atoms with van der Waals surface area (Å²) in [5.74, 6) is 3.39. The van der Waals surface area contributed by atoms with Crippen LogP contribution >= 0.6 is 0 Å². The first-order chi connectivity index (χ1) is 14.3. The number of anilines is 1. The van der Waals surface area contributed by atoms with Crippen molar-refractivity contribution in [3.05, 3.63) is 48.2 Å². The molecular weight excluding hydrogens is 366 g/mol. The van der Waals surface area contributed by atoms with Gasteiger partial charge in [0.15, 0.2) is 17.5 Å². The minimum absolute atomic E-state index is 0.0601. The average Bonchev–Trinajstić information content (AvgIpc) is 2.80. The zero-order valence-corrected chi connectivity index (χ0v) is 16.9. The molecule has 1 fully saturated rings. The minimum atomic E-state index is -0.0601. The van der Waals surface area contributed by atoms with Gasteiger partial charge in [-0.2, -0.15) is 0 Å². The number of nitrogens with one attached hydrogen (secondary N) is 2. The molecule has 1 aromatic heterocycles. The predicted molar refractivity (Wildman–Crippen MR) is 115 cm³/mol. The van der Waals surface area contributed by atoms with Crippen LogP contribution in [0.25, 0.3) is 0 Å². The Bertz CT molecular complexity index is 835. The van der Waals surface area contributed by atoms with Gasteiger partial charge in [0.05, 0.1) is 6.54 Å². The quantitative estimate of drug-likeness (QED) is 0.599. The van der Waals surface area contributed by atoms with Crippen molar-refractivity contribution in [2.75, 3.05) is 38.2 Å². The monoisotopic (exact) mass is 395 g/mol. The highest BCUT2D eigenvalue weighted by atomic mass is 16.6. The van der Waals surface area contributed by atoms with Crippen LogP contribution in [0.1, 0.15) is 24.8 Å². The Kier molecular flexibility index (Phi) is 6.34. The van der Waals surface area contributed by atoms with Gasteiger partial charge in [-0.25, -0.2) is 4.98 Å². The van der Waals surface area contributed by atoms with Gasteiger partial charge in [0.25, 0.3) is 0 Å². The molecule has 0 aliphatic carbocycles. The van der Waals surface area contributed by atoms with Crippen molar-refractivity contribution < 1.29 is 9.47 Å². The number of guanidine groups is 1. The van der Waals surface area contributed by atoms with Crippen LogP contribution in [0.2, 0.25) is 0 Å². The molecule has 0 spiro atoms. The number of para-hydroxylation sites is 2. The molecule has 0 bridgehead atoms. The third-order valence-electron chi connectivity index (χ3n) is 5.24. The lowest BCUT2D eigenvalue weighted by Crippen LogP contribution is -2.45. The Labute approximate surface area is 172 Å². The number of aromatic nitrogens is 1. The molecule has 154 valence electrons. The van der Waals surface area contributed by atoms with Gasteiger partial charge >= 0.3 is 0 Å². The minimum Gasteiger partial charge on any atom is -0.486 e. The van der Waals surface area contributed by atoms with Gasteiger partial charge in [-0.3, -0.25) is 4.99 Å². The van der Waals surface area contributed by atoms with Gasteiger partial charge in [-0.05, 0) is 49.1 Å². The fourth-order valence-corrected chi connectivity index (χ4v) is 3.65. The van der Waals surface area contributed by atoms with Crippen molar-refractivity contribution in [3.63, 3.8) is 0 Å². The van der Waals surface area contributed by atoms with Crippen molar-refractivity contribution in [1.29, 1.82) is 0 Å². The zero-order valence-electron chi connectivity index (χ0n) is 16.9. The molecular formula is C22H29N5O2. The highest BCUT2D eigenvalue weighted by molar-refractivity contribution is 5.79. The molecule has 2 N–H and O–H groups in total. The number of pyridine rings is 1. The molecule has 2 aromatic rings. The summed E-state index contributed by atoms with van der Waals surface area (Å²) in [7, 11) is 1.77. The highest BCUT2D eigenvalue weighted by Gasteiger charge is 2.20. The van der Waals surface area contributed by atoms with Crippen molar-refractivity contribution in [2.24, 2.45) is 4.99 Å². The maximum Gasteiger partial charge on any atom is 0.191 e. The van der Waals surface area contributed by atoms with Gasteiger partial charge in [0.1, 0.15) is 18.5 Å². The van der Waals surface area contributed by atoms with E-state index in [1.807, 2.05) is 36.5 Å². The van der Waals surface area contributed by atoms with E-state index in [0.29, 0.717) is 19.7 Å². The lowest BCUT2D eigenvalue weighted by molar-refractivity contribution is 0.0936.